The molecule has 5 heteroatoms. The van der Waals surface area contributed by atoms with E-state index in [2.05, 4.69) is 0 Å². The van der Waals surface area contributed by atoms with Crippen molar-refractivity contribution in [2.45, 2.75) is 0 Å². The largest absolute Gasteiger partial charge is 0.497 e. The Morgan fingerprint density at radius 2 is 1.68 bits per heavy atom. The summed E-state index contributed by atoms with van der Waals surface area (Å²) in [6, 6.07) is 7.79. The van der Waals surface area contributed by atoms with Crippen LogP contribution in [0.3, 0.4) is 0 Å². The minimum atomic E-state index is -0.793. The van der Waals surface area contributed by atoms with Crippen LogP contribution in [0.4, 0.5) is 8.78 Å². The molecule has 0 aromatic heterocycles. The maximum atomic E-state index is 13.1. The van der Waals surface area contributed by atoms with Gasteiger partial charge < -0.3 is 9.47 Å². The van der Waals surface area contributed by atoms with E-state index in [1.165, 1.54) is 26.4 Å². The summed E-state index contributed by atoms with van der Waals surface area (Å²) in [6.07, 6.45) is 2.75. The zero-order valence-electron chi connectivity index (χ0n) is 12.1. The van der Waals surface area contributed by atoms with Crippen LogP contribution in [-0.2, 0) is 0 Å². The van der Waals surface area contributed by atoms with Crippen LogP contribution in [0.25, 0.3) is 6.08 Å². The monoisotopic (exact) mass is 304 g/mol. The van der Waals surface area contributed by atoms with Crippen molar-refractivity contribution in [3.05, 3.63) is 65.2 Å². The molecule has 2 aromatic carbocycles. The first-order valence-corrected chi connectivity index (χ1v) is 6.44. The number of allylic oxidation sites excluding steroid dienone is 1. The van der Waals surface area contributed by atoms with Gasteiger partial charge in [0.2, 0.25) is 0 Å². The number of methoxy groups -OCH3 is 2. The average molecular weight is 304 g/mol. The van der Waals surface area contributed by atoms with Gasteiger partial charge in [-0.15, -0.1) is 0 Å². The van der Waals surface area contributed by atoms with Crippen molar-refractivity contribution >= 4 is 11.9 Å². The molecule has 0 radical (unpaired) electrons. The number of ketones is 1. The number of benzene rings is 2. The fraction of sp³-hybridized carbons (Fsp3) is 0.118. The molecule has 0 fully saturated rings. The number of carbonyl (C=O) groups is 1. The van der Waals surface area contributed by atoms with E-state index in [0.717, 1.165) is 12.1 Å². The van der Waals surface area contributed by atoms with Crippen LogP contribution < -0.4 is 9.47 Å². The number of halogens is 2. The van der Waals surface area contributed by atoms with Crippen molar-refractivity contribution in [2.75, 3.05) is 14.2 Å². The third-order valence-electron chi connectivity index (χ3n) is 3.00. The Bertz CT molecular complexity index is 704. The smallest absolute Gasteiger partial charge is 0.186 e. The van der Waals surface area contributed by atoms with E-state index >= 15 is 0 Å². The number of carbonyl (C=O) groups excluding carboxylic acids is 1. The predicted molar refractivity (Wildman–Crippen MR) is 79.3 cm³/mol. The average Bonchev–Trinajstić information content (AvgIpc) is 2.51. The Morgan fingerprint density at radius 3 is 2.27 bits per heavy atom. The molecular formula is C17H14F2O3. The van der Waals surface area contributed by atoms with Gasteiger partial charge in [0, 0.05) is 23.3 Å². The van der Waals surface area contributed by atoms with Crippen molar-refractivity contribution in [2.24, 2.45) is 0 Å². The second kappa shape index (κ2) is 6.85. The molecule has 0 saturated carbocycles. The molecule has 22 heavy (non-hydrogen) atoms. The molecule has 0 aliphatic heterocycles. The van der Waals surface area contributed by atoms with E-state index < -0.39 is 17.4 Å². The molecule has 0 aliphatic rings. The van der Waals surface area contributed by atoms with Crippen LogP contribution in [0, 0.1) is 11.6 Å². The van der Waals surface area contributed by atoms with E-state index in [-0.39, 0.29) is 5.56 Å². The summed E-state index contributed by atoms with van der Waals surface area (Å²) in [5.74, 6) is -0.949. The fourth-order valence-corrected chi connectivity index (χ4v) is 1.91. The van der Waals surface area contributed by atoms with Crippen LogP contribution in [0.2, 0.25) is 0 Å². The molecule has 0 amide bonds. The lowest BCUT2D eigenvalue weighted by atomic mass is 10.1. The Morgan fingerprint density at radius 1 is 1.00 bits per heavy atom. The van der Waals surface area contributed by atoms with Gasteiger partial charge in [0.15, 0.2) is 5.78 Å². The van der Waals surface area contributed by atoms with Crippen LogP contribution >= 0.6 is 0 Å². The van der Waals surface area contributed by atoms with Crippen LogP contribution in [-0.4, -0.2) is 20.0 Å². The van der Waals surface area contributed by atoms with Crippen LogP contribution in [0.5, 0.6) is 11.5 Å². The Hall–Kier alpha value is -2.69. The first-order chi connectivity index (χ1) is 10.5. The minimum absolute atomic E-state index is 0.0544. The standard InChI is InChI=1S/C17H14F2O3/c1-21-15-5-3-11(17(10-15)22-2)4-6-16(20)12-7-13(18)9-14(19)8-12/h3-10H,1-2H3. The van der Waals surface area contributed by atoms with Crippen molar-refractivity contribution in [1.29, 1.82) is 0 Å². The van der Waals surface area contributed by atoms with Gasteiger partial charge in [-0.25, -0.2) is 8.78 Å². The molecule has 2 aromatic rings. The fourth-order valence-electron chi connectivity index (χ4n) is 1.91. The molecule has 0 unspecified atom stereocenters. The first kappa shape index (κ1) is 15.7. The number of hydrogen-bond acceptors (Lipinski definition) is 3. The highest BCUT2D eigenvalue weighted by Crippen LogP contribution is 2.25. The van der Waals surface area contributed by atoms with Gasteiger partial charge in [-0.3, -0.25) is 4.79 Å². The quantitative estimate of drug-likeness (QED) is 0.621. The second-order valence-corrected chi connectivity index (χ2v) is 4.46. The molecule has 114 valence electrons. The van der Waals surface area contributed by atoms with Crippen molar-refractivity contribution in [3.63, 3.8) is 0 Å². The Kier molecular flexibility index (Phi) is 4.88. The van der Waals surface area contributed by atoms with Gasteiger partial charge in [-0.05, 0) is 36.4 Å². The van der Waals surface area contributed by atoms with Gasteiger partial charge in [-0.1, -0.05) is 0 Å². The summed E-state index contributed by atoms with van der Waals surface area (Å²) in [5.41, 5.74) is 0.592. The molecule has 0 aliphatic carbocycles. The van der Waals surface area contributed by atoms with E-state index in [1.54, 1.807) is 18.2 Å². The molecule has 0 bridgehead atoms. The van der Waals surface area contributed by atoms with Crippen molar-refractivity contribution in [1.82, 2.24) is 0 Å². The molecule has 0 N–H and O–H groups in total. The summed E-state index contributed by atoms with van der Waals surface area (Å²) in [5, 5.41) is 0. The highest BCUT2D eigenvalue weighted by atomic mass is 19.1. The van der Waals surface area contributed by atoms with E-state index in [9.17, 15) is 13.6 Å². The number of rotatable bonds is 5. The summed E-state index contributed by atoms with van der Waals surface area (Å²) in [6.45, 7) is 0. The molecule has 0 spiro atoms. The minimum Gasteiger partial charge on any atom is -0.497 e. The lowest BCUT2D eigenvalue weighted by Gasteiger charge is -2.07. The summed E-state index contributed by atoms with van der Waals surface area (Å²) < 4.78 is 36.5. The second-order valence-electron chi connectivity index (χ2n) is 4.46. The molecule has 0 atom stereocenters. The zero-order chi connectivity index (χ0) is 16.1. The lowest BCUT2D eigenvalue weighted by molar-refractivity contribution is 0.104. The van der Waals surface area contributed by atoms with E-state index in [4.69, 9.17) is 9.47 Å². The summed E-state index contributed by atoms with van der Waals surface area (Å²) >= 11 is 0. The Labute approximate surface area is 126 Å². The van der Waals surface area contributed by atoms with Gasteiger partial charge in [0.1, 0.15) is 23.1 Å². The first-order valence-electron chi connectivity index (χ1n) is 6.44. The SMILES string of the molecule is COc1ccc(C=CC(=O)c2cc(F)cc(F)c2)c(OC)c1. The highest BCUT2D eigenvalue weighted by Gasteiger charge is 2.07. The summed E-state index contributed by atoms with van der Waals surface area (Å²) in [4.78, 5) is 12.0. The normalized spacial score (nSPS) is 10.7. The van der Waals surface area contributed by atoms with Gasteiger partial charge >= 0.3 is 0 Å². The molecule has 0 saturated heterocycles. The van der Waals surface area contributed by atoms with Gasteiger partial charge in [-0.2, -0.15) is 0 Å². The number of ether oxygens (including phenoxy) is 2. The molecule has 3 nitrogen and oxygen atoms in total. The number of hydrogen-bond donors (Lipinski definition) is 0. The van der Waals surface area contributed by atoms with Crippen molar-refractivity contribution in [3.8, 4) is 11.5 Å². The summed E-state index contributed by atoms with van der Waals surface area (Å²) in [7, 11) is 3.03. The zero-order valence-corrected chi connectivity index (χ0v) is 12.1. The third kappa shape index (κ3) is 3.69. The topological polar surface area (TPSA) is 35.5 Å². The lowest BCUT2D eigenvalue weighted by Crippen LogP contribution is -1.97. The molecule has 0 heterocycles. The molecular weight excluding hydrogens is 290 g/mol. The van der Waals surface area contributed by atoms with E-state index in [0.29, 0.717) is 23.1 Å². The Balaban J connectivity index is 2.26. The molecule has 2 rings (SSSR count). The highest BCUT2D eigenvalue weighted by molar-refractivity contribution is 6.06. The van der Waals surface area contributed by atoms with Gasteiger partial charge in [0.05, 0.1) is 14.2 Å². The maximum Gasteiger partial charge on any atom is 0.186 e. The predicted octanol–water partition coefficient (Wildman–Crippen LogP) is 3.88. The van der Waals surface area contributed by atoms with Crippen LogP contribution in [0.15, 0.2) is 42.5 Å². The van der Waals surface area contributed by atoms with Gasteiger partial charge in [0.25, 0.3) is 0 Å². The maximum absolute atomic E-state index is 13.1. The van der Waals surface area contributed by atoms with E-state index in [1.807, 2.05) is 0 Å². The van der Waals surface area contributed by atoms with Crippen LogP contribution in [0.1, 0.15) is 15.9 Å². The van der Waals surface area contributed by atoms with Crippen molar-refractivity contribution < 1.29 is 23.0 Å². The third-order valence-corrected chi connectivity index (χ3v) is 3.00.